The van der Waals surface area contributed by atoms with Crippen molar-refractivity contribution < 1.29 is 14.7 Å². The third-order valence-electron chi connectivity index (χ3n) is 5.10. The lowest BCUT2D eigenvalue weighted by molar-refractivity contribution is -0.129. The molecule has 25 heavy (non-hydrogen) atoms. The first kappa shape index (κ1) is 18.7. The average Bonchev–Trinajstić information content (AvgIpc) is 3.19. The molecule has 1 aromatic rings. The Hall–Kier alpha value is -1.12. The molecule has 0 aliphatic carbocycles. The number of hydrogen-bond donors (Lipinski definition) is 1. The summed E-state index contributed by atoms with van der Waals surface area (Å²) in [7, 11) is 0. The van der Waals surface area contributed by atoms with Crippen LogP contribution in [0.15, 0.2) is 9.72 Å². The van der Waals surface area contributed by atoms with Crippen molar-refractivity contribution in [2.75, 3.05) is 25.4 Å². The molecular weight excluding hydrogens is 358 g/mol. The lowest BCUT2D eigenvalue weighted by Crippen LogP contribution is -2.47. The molecule has 2 aliphatic heterocycles. The summed E-state index contributed by atoms with van der Waals surface area (Å²) in [6.45, 7) is 5.13. The van der Waals surface area contributed by atoms with E-state index in [2.05, 4.69) is 16.8 Å². The molecule has 0 radical (unpaired) electrons. The molecule has 8 heteroatoms. The zero-order chi connectivity index (χ0) is 17.8. The fourth-order valence-corrected chi connectivity index (χ4v) is 5.45. The van der Waals surface area contributed by atoms with Crippen LogP contribution >= 0.6 is 23.1 Å². The molecule has 0 aromatic carbocycles. The van der Waals surface area contributed by atoms with Crippen LogP contribution in [-0.4, -0.2) is 69.2 Å². The van der Waals surface area contributed by atoms with Crippen LogP contribution < -0.4 is 0 Å². The van der Waals surface area contributed by atoms with Gasteiger partial charge in [0.25, 0.3) is 0 Å². The van der Waals surface area contributed by atoms with Crippen LogP contribution in [0, 0.1) is 0 Å². The summed E-state index contributed by atoms with van der Waals surface area (Å²) in [6, 6.07) is 0.935. The zero-order valence-corrected chi connectivity index (χ0v) is 16.2. The molecule has 2 saturated heterocycles. The summed E-state index contributed by atoms with van der Waals surface area (Å²) in [4.78, 5) is 31.8. The van der Waals surface area contributed by atoms with E-state index in [9.17, 15) is 9.59 Å². The number of amides is 1. The Morgan fingerprint density at radius 1 is 1.44 bits per heavy atom. The van der Waals surface area contributed by atoms with Crippen LogP contribution in [-0.2, 0) is 4.79 Å². The van der Waals surface area contributed by atoms with Gasteiger partial charge in [-0.15, -0.1) is 11.3 Å². The Labute approximate surface area is 156 Å². The predicted molar refractivity (Wildman–Crippen MR) is 99.4 cm³/mol. The van der Waals surface area contributed by atoms with Crippen molar-refractivity contribution >= 4 is 35.0 Å². The number of carboxylic acids is 1. The molecule has 1 aromatic heterocycles. The molecule has 138 valence electrons. The van der Waals surface area contributed by atoms with Crippen LogP contribution in [0.2, 0.25) is 0 Å². The number of aromatic carboxylic acids is 1. The number of nitrogens with zero attached hydrogens (tertiary/aromatic N) is 3. The SMILES string of the molecule is CC1CCCCN1C[C@H]1CCC(=O)N1CCSc1nc(C(=O)O)cs1. The minimum Gasteiger partial charge on any atom is -0.476 e. The van der Waals surface area contributed by atoms with Crippen LogP contribution in [0.1, 0.15) is 49.5 Å². The minimum atomic E-state index is -0.992. The van der Waals surface area contributed by atoms with E-state index in [1.54, 1.807) is 5.38 Å². The van der Waals surface area contributed by atoms with Crippen LogP contribution in [0.5, 0.6) is 0 Å². The van der Waals surface area contributed by atoms with Gasteiger partial charge in [0, 0.05) is 42.7 Å². The number of aromatic nitrogens is 1. The fourth-order valence-electron chi connectivity index (χ4n) is 3.64. The van der Waals surface area contributed by atoms with E-state index < -0.39 is 5.97 Å². The van der Waals surface area contributed by atoms with Gasteiger partial charge in [-0.05, 0) is 32.7 Å². The smallest absolute Gasteiger partial charge is 0.355 e. The topological polar surface area (TPSA) is 73.7 Å². The van der Waals surface area contributed by atoms with Gasteiger partial charge in [0.15, 0.2) is 10.0 Å². The summed E-state index contributed by atoms with van der Waals surface area (Å²) >= 11 is 2.88. The average molecular weight is 384 g/mol. The Morgan fingerprint density at radius 3 is 3.00 bits per heavy atom. The molecule has 1 unspecified atom stereocenters. The van der Waals surface area contributed by atoms with Gasteiger partial charge in [-0.3, -0.25) is 9.69 Å². The van der Waals surface area contributed by atoms with Crippen LogP contribution in [0.3, 0.4) is 0 Å². The van der Waals surface area contributed by atoms with Crippen molar-refractivity contribution in [3.05, 3.63) is 11.1 Å². The molecule has 1 amide bonds. The summed E-state index contributed by atoms with van der Waals surface area (Å²) < 4.78 is 0.755. The van der Waals surface area contributed by atoms with Gasteiger partial charge in [0.05, 0.1) is 0 Å². The number of thioether (sulfide) groups is 1. The quantitative estimate of drug-likeness (QED) is 0.730. The van der Waals surface area contributed by atoms with Crippen molar-refractivity contribution in [1.82, 2.24) is 14.8 Å². The predicted octanol–water partition coefficient (Wildman–Crippen LogP) is 2.80. The molecule has 1 N–H and O–H groups in total. The molecule has 0 bridgehead atoms. The van der Waals surface area contributed by atoms with Crippen molar-refractivity contribution in [2.24, 2.45) is 0 Å². The fraction of sp³-hybridized carbons (Fsp3) is 0.706. The molecule has 0 saturated carbocycles. The number of carboxylic acid groups (broad SMARTS) is 1. The lowest BCUT2D eigenvalue weighted by atomic mass is 10.0. The van der Waals surface area contributed by atoms with E-state index in [0.29, 0.717) is 25.0 Å². The molecule has 3 rings (SSSR count). The number of hydrogen-bond acceptors (Lipinski definition) is 6. The van der Waals surface area contributed by atoms with Gasteiger partial charge in [0.2, 0.25) is 5.91 Å². The van der Waals surface area contributed by atoms with Crippen molar-refractivity contribution in [1.29, 1.82) is 0 Å². The molecule has 2 fully saturated rings. The van der Waals surface area contributed by atoms with Gasteiger partial charge in [0.1, 0.15) is 0 Å². The summed E-state index contributed by atoms with van der Waals surface area (Å²) in [5, 5.41) is 10.5. The number of rotatable bonds is 7. The number of piperidine rings is 1. The first-order valence-corrected chi connectivity index (χ1v) is 10.8. The highest BCUT2D eigenvalue weighted by Gasteiger charge is 2.33. The Kier molecular flexibility index (Phi) is 6.35. The van der Waals surface area contributed by atoms with Gasteiger partial charge in [-0.25, -0.2) is 9.78 Å². The van der Waals surface area contributed by atoms with Crippen molar-refractivity contribution in [3.8, 4) is 0 Å². The maximum absolute atomic E-state index is 12.3. The number of thiazole rings is 1. The van der Waals surface area contributed by atoms with E-state index in [-0.39, 0.29) is 11.6 Å². The second kappa shape index (κ2) is 8.51. The summed E-state index contributed by atoms with van der Waals surface area (Å²) in [6.07, 6.45) is 5.43. The van der Waals surface area contributed by atoms with E-state index in [4.69, 9.17) is 5.11 Å². The molecule has 6 nitrogen and oxygen atoms in total. The lowest BCUT2D eigenvalue weighted by Gasteiger charge is -2.37. The first-order valence-electron chi connectivity index (χ1n) is 8.89. The highest BCUT2D eigenvalue weighted by molar-refractivity contribution is 8.01. The molecule has 2 aliphatic rings. The molecule has 3 heterocycles. The van der Waals surface area contributed by atoms with Crippen molar-refractivity contribution in [3.63, 3.8) is 0 Å². The molecular formula is C17H25N3O3S2. The zero-order valence-electron chi connectivity index (χ0n) is 14.5. The maximum Gasteiger partial charge on any atom is 0.355 e. The van der Waals surface area contributed by atoms with Gasteiger partial charge in [-0.1, -0.05) is 18.2 Å². The minimum absolute atomic E-state index is 0.0988. The van der Waals surface area contributed by atoms with Gasteiger partial charge < -0.3 is 10.0 Å². The Bertz CT molecular complexity index is 622. The largest absolute Gasteiger partial charge is 0.476 e. The second-order valence-corrected chi connectivity index (χ2v) is 8.97. The summed E-state index contributed by atoms with van der Waals surface area (Å²) in [5.74, 6) is 0.0128. The van der Waals surface area contributed by atoms with Crippen LogP contribution in [0.25, 0.3) is 0 Å². The van der Waals surface area contributed by atoms with E-state index in [1.165, 1.54) is 42.4 Å². The highest BCUT2D eigenvalue weighted by atomic mass is 32.2. The standard InChI is InChI=1S/C17H25N3O3S2/c1-12-4-2-3-7-19(12)10-13-5-6-15(21)20(13)8-9-24-17-18-14(11-25-17)16(22)23/h11-13H,2-10H2,1H3,(H,22,23)/t12?,13-/m1/s1. The molecule has 0 spiro atoms. The van der Waals surface area contributed by atoms with Crippen LogP contribution in [0.4, 0.5) is 0 Å². The van der Waals surface area contributed by atoms with E-state index in [0.717, 1.165) is 29.6 Å². The Balaban J connectivity index is 1.50. The van der Waals surface area contributed by atoms with E-state index >= 15 is 0 Å². The first-order chi connectivity index (χ1) is 12.0. The van der Waals surface area contributed by atoms with Crippen molar-refractivity contribution in [2.45, 2.75) is 55.5 Å². The normalized spacial score (nSPS) is 24.8. The van der Waals surface area contributed by atoms with Gasteiger partial charge >= 0.3 is 5.97 Å². The summed E-state index contributed by atoms with van der Waals surface area (Å²) in [5.41, 5.74) is 0.0988. The maximum atomic E-state index is 12.3. The second-order valence-electron chi connectivity index (χ2n) is 6.77. The number of likely N-dealkylation sites (tertiary alicyclic amines) is 2. The Morgan fingerprint density at radius 2 is 2.28 bits per heavy atom. The highest BCUT2D eigenvalue weighted by Crippen LogP contribution is 2.26. The van der Waals surface area contributed by atoms with Gasteiger partial charge in [-0.2, -0.15) is 0 Å². The third-order valence-corrected chi connectivity index (χ3v) is 7.10. The third kappa shape index (κ3) is 4.74. The monoisotopic (exact) mass is 383 g/mol. The number of carbonyl (C=O) groups is 2. The molecule has 2 atom stereocenters. The number of carbonyl (C=O) groups excluding carboxylic acids is 1. The van der Waals surface area contributed by atoms with E-state index in [1.807, 2.05) is 4.90 Å².